The van der Waals surface area contributed by atoms with Gasteiger partial charge in [0, 0.05) is 22.7 Å². The van der Waals surface area contributed by atoms with Crippen molar-refractivity contribution in [1.82, 2.24) is 4.98 Å². The van der Waals surface area contributed by atoms with Gasteiger partial charge in [-0.05, 0) is 60.7 Å². The number of nitrogens with zero attached hydrogens (tertiary/aromatic N) is 1. The Labute approximate surface area is 166 Å². The van der Waals surface area contributed by atoms with E-state index in [9.17, 15) is 17.6 Å². The summed E-state index contributed by atoms with van der Waals surface area (Å²) >= 11 is 0. The molecule has 0 N–H and O–H groups in total. The molecule has 4 aromatic rings. The van der Waals surface area contributed by atoms with Gasteiger partial charge in [-0.15, -0.1) is 0 Å². The van der Waals surface area contributed by atoms with Gasteiger partial charge in [0.25, 0.3) is 0 Å². The van der Waals surface area contributed by atoms with E-state index in [2.05, 4.69) is 4.98 Å². The highest BCUT2D eigenvalue weighted by molar-refractivity contribution is 7.87. The number of rotatable bonds is 5. The van der Waals surface area contributed by atoms with Crippen LogP contribution in [0.4, 0.5) is 4.39 Å². The van der Waals surface area contributed by atoms with Gasteiger partial charge in [-0.2, -0.15) is 8.42 Å². The van der Waals surface area contributed by atoms with Crippen LogP contribution in [0.3, 0.4) is 0 Å². The predicted octanol–water partition coefficient (Wildman–Crippen LogP) is 4.37. The molecule has 0 saturated heterocycles. The molecule has 4 rings (SSSR count). The maximum Gasteiger partial charge on any atom is 0.341 e. The molecule has 7 heteroatoms. The summed E-state index contributed by atoms with van der Waals surface area (Å²) in [5.74, 6) is -0.676. The van der Waals surface area contributed by atoms with Crippen LogP contribution in [0.2, 0.25) is 0 Å². The number of hydrogen-bond donors (Lipinski definition) is 0. The zero-order valence-corrected chi connectivity index (χ0v) is 15.8. The molecule has 0 aliphatic rings. The Morgan fingerprint density at radius 1 is 0.828 bits per heavy atom. The SMILES string of the molecule is O=C(c1ccc(F)cc1)c1ccc(OS(=O)(=O)c2cccc3cccnc23)cc1. The average molecular weight is 407 g/mol. The molecule has 144 valence electrons. The fourth-order valence-corrected chi connectivity index (χ4v) is 3.99. The van der Waals surface area contributed by atoms with Crippen LogP contribution in [0.1, 0.15) is 15.9 Å². The Kier molecular flexibility index (Phi) is 4.82. The topological polar surface area (TPSA) is 73.3 Å². The lowest BCUT2D eigenvalue weighted by Gasteiger charge is -2.09. The highest BCUT2D eigenvalue weighted by Crippen LogP contribution is 2.25. The van der Waals surface area contributed by atoms with Gasteiger partial charge >= 0.3 is 10.1 Å². The average Bonchev–Trinajstić information content (AvgIpc) is 2.73. The number of carbonyl (C=O) groups is 1. The van der Waals surface area contributed by atoms with Gasteiger partial charge in [-0.25, -0.2) is 4.39 Å². The summed E-state index contributed by atoms with van der Waals surface area (Å²) in [4.78, 5) is 16.5. The second-order valence-electron chi connectivity index (χ2n) is 6.23. The molecule has 0 aliphatic carbocycles. The number of halogens is 1. The van der Waals surface area contributed by atoms with E-state index >= 15 is 0 Å². The van der Waals surface area contributed by atoms with E-state index in [4.69, 9.17) is 4.18 Å². The van der Waals surface area contributed by atoms with Crippen molar-refractivity contribution in [2.45, 2.75) is 4.90 Å². The van der Waals surface area contributed by atoms with E-state index in [0.717, 1.165) is 0 Å². The first-order valence-corrected chi connectivity index (χ1v) is 10.0. The fourth-order valence-electron chi connectivity index (χ4n) is 2.88. The first-order valence-electron chi connectivity index (χ1n) is 8.63. The van der Waals surface area contributed by atoms with Crippen LogP contribution in [0.5, 0.6) is 5.75 Å². The second-order valence-corrected chi connectivity index (χ2v) is 7.74. The second kappa shape index (κ2) is 7.44. The largest absolute Gasteiger partial charge is 0.379 e. The molecule has 0 atom stereocenters. The molecule has 1 heterocycles. The molecule has 3 aromatic carbocycles. The van der Waals surface area contributed by atoms with Crippen LogP contribution in [-0.2, 0) is 10.1 Å². The molecular formula is C22H14FNO4S. The van der Waals surface area contributed by atoms with Gasteiger partial charge in [0.15, 0.2) is 5.78 Å². The zero-order chi connectivity index (χ0) is 20.4. The molecule has 0 aliphatic heterocycles. The smallest absolute Gasteiger partial charge is 0.341 e. The molecule has 0 spiro atoms. The van der Waals surface area contributed by atoms with Gasteiger partial charge in [-0.3, -0.25) is 9.78 Å². The quantitative estimate of drug-likeness (QED) is 0.363. The summed E-state index contributed by atoms with van der Waals surface area (Å²) < 4.78 is 43.7. The first-order chi connectivity index (χ1) is 13.9. The van der Waals surface area contributed by atoms with E-state index in [0.29, 0.717) is 22.0 Å². The minimum atomic E-state index is -4.12. The number of ketones is 1. The maximum atomic E-state index is 13.0. The van der Waals surface area contributed by atoms with Crippen LogP contribution in [0.25, 0.3) is 10.9 Å². The molecule has 0 bridgehead atoms. The molecule has 0 unspecified atom stereocenters. The first kappa shape index (κ1) is 18.8. The van der Waals surface area contributed by atoms with Gasteiger partial charge in [0.1, 0.15) is 16.5 Å². The van der Waals surface area contributed by atoms with Gasteiger partial charge in [-0.1, -0.05) is 18.2 Å². The van der Waals surface area contributed by atoms with Crippen LogP contribution < -0.4 is 4.18 Å². The molecular weight excluding hydrogens is 393 g/mol. The third kappa shape index (κ3) is 3.86. The number of pyridine rings is 1. The number of carbonyl (C=O) groups excluding carboxylic acids is 1. The third-order valence-corrected chi connectivity index (χ3v) is 5.57. The Morgan fingerprint density at radius 2 is 1.45 bits per heavy atom. The lowest BCUT2D eigenvalue weighted by molar-refractivity contribution is 0.103. The normalized spacial score (nSPS) is 11.3. The van der Waals surface area contributed by atoms with E-state index in [1.165, 1.54) is 60.8 Å². The van der Waals surface area contributed by atoms with Crippen molar-refractivity contribution in [2.24, 2.45) is 0 Å². The van der Waals surface area contributed by atoms with Gasteiger partial charge in [0.2, 0.25) is 0 Å². The number of para-hydroxylation sites is 1. The highest BCUT2D eigenvalue weighted by atomic mass is 32.2. The summed E-state index contributed by atoms with van der Waals surface area (Å²) in [6, 6.07) is 19.2. The summed E-state index contributed by atoms with van der Waals surface area (Å²) in [5.41, 5.74) is 0.973. The molecule has 5 nitrogen and oxygen atoms in total. The van der Waals surface area contributed by atoms with E-state index in [1.54, 1.807) is 24.3 Å². The monoisotopic (exact) mass is 407 g/mol. The Hall–Kier alpha value is -3.58. The molecule has 0 saturated carbocycles. The maximum absolute atomic E-state index is 13.0. The standard InChI is InChI=1S/C22H14FNO4S/c23-18-10-6-16(7-11-18)22(25)17-8-12-19(13-9-17)28-29(26,27)20-5-1-3-15-4-2-14-24-21(15)20/h1-14H. The Bertz CT molecular complexity index is 1300. The van der Waals surface area contributed by atoms with Crippen molar-refractivity contribution in [2.75, 3.05) is 0 Å². The van der Waals surface area contributed by atoms with Gasteiger partial charge in [0.05, 0.1) is 5.52 Å². The van der Waals surface area contributed by atoms with Crippen LogP contribution >= 0.6 is 0 Å². The highest BCUT2D eigenvalue weighted by Gasteiger charge is 2.21. The molecule has 0 fully saturated rings. The molecule has 0 amide bonds. The lowest BCUT2D eigenvalue weighted by Crippen LogP contribution is -2.11. The number of benzene rings is 3. The molecule has 0 radical (unpaired) electrons. The van der Waals surface area contributed by atoms with Crippen LogP contribution in [0, 0.1) is 5.82 Å². The Morgan fingerprint density at radius 3 is 2.14 bits per heavy atom. The zero-order valence-electron chi connectivity index (χ0n) is 14.9. The lowest BCUT2D eigenvalue weighted by atomic mass is 10.0. The number of fused-ring (bicyclic) bond motifs is 1. The van der Waals surface area contributed by atoms with Gasteiger partial charge < -0.3 is 4.18 Å². The van der Waals surface area contributed by atoms with Crippen molar-refractivity contribution in [1.29, 1.82) is 0 Å². The summed E-state index contributed by atoms with van der Waals surface area (Å²) in [5, 5.41) is 0.678. The van der Waals surface area contributed by atoms with E-state index < -0.39 is 15.9 Å². The fraction of sp³-hybridized carbons (Fsp3) is 0. The third-order valence-electron chi connectivity index (χ3n) is 4.29. The van der Waals surface area contributed by atoms with Crippen molar-refractivity contribution in [3.63, 3.8) is 0 Å². The van der Waals surface area contributed by atoms with Crippen molar-refractivity contribution >= 4 is 26.8 Å². The molecule has 29 heavy (non-hydrogen) atoms. The Balaban J connectivity index is 1.59. The summed E-state index contributed by atoms with van der Waals surface area (Å²) in [6.45, 7) is 0. The van der Waals surface area contributed by atoms with Crippen LogP contribution in [-0.4, -0.2) is 19.2 Å². The summed E-state index contributed by atoms with van der Waals surface area (Å²) in [6.07, 6.45) is 1.51. The minimum Gasteiger partial charge on any atom is -0.379 e. The van der Waals surface area contributed by atoms with Crippen LogP contribution in [0.15, 0.2) is 90.0 Å². The minimum absolute atomic E-state index is 0.0398. The van der Waals surface area contributed by atoms with E-state index in [1.807, 2.05) is 0 Å². The van der Waals surface area contributed by atoms with Crippen molar-refractivity contribution in [3.8, 4) is 5.75 Å². The van der Waals surface area contributed by atoms with Crippen molar-refractivity contribution in [3.05, 3.63) is 102 Å². The number of aromatic nitrogens is 1. The van der Waals surface area contributed by atoms with E-state index in [-0.39, 0.29) is 16.4 Å². The van der Waals surface area contributed by atoms with Crippen molar-refractivity contribution < 1.29 is 21.8 Å². The molecule has 1 aromatic heterocycles. The summed E-state index contributed by atoms with van der Waals surface area (Å²) in [7, 11) is -4.12. The number of hydrogen-bond acceptors (Lipinski definition) is 5. The predicted molar refractivity (Wildman–Crippen MR) is 106 cm³/mol.